The van der Waals surface area contributed by atoms with E-state index < -0.39 is 11.4 Å². The Morgan fingerprint density at radius 1 is 0.750 bits per heavy atom. The molecule has 2 nitrogen and oxygen atoms in total. The van der Waals surface area contributed by atoms with Crippen LogP contribution in [0.2, 0.25) is 0 Å². The molecule has 2 heteroatoms. The topological polar surface area (TPSA) is 37.3 Å². The average Bonchev–Trinajstić information content (AvgIpc) is 2.54. The Labute approximate surface area is 151 Å². The lowest BCUT2D eigenvalue weighted by Gasteiger charge is -2.27. The highest BCUT2D eigenvalue weighted by Gasteiger charge is 2.33. The van der Waals surface area contributed by atoms with Gasteiger partial charge < -0.3 is 5.11 Å². The largest absolute Gasteiger partial charge is 0.481 e. The van der Waals surface area contributed by atoms with Gasteiger partial charge in [0, 0.05) is 0 Å². The summed E-state index contributed by atoms with van der Waals surface area (Å²) in [6.45, 7) is 8.06. The molecule has 0 rings (SSSR count). The third kappa shape index (κ3) is 11.9. The first-order valence-corrected chi connectivity index (χ1v) is 10.7. The summed E-state index contributed by atoms with van der Waals surface area (Å²) in [5.41, 5.74) is -0.587. The van der Waals surface area contributed by atoms with Crippen LogP contribution in [0.1, 0.15) is 124 Å². The van der Waals surface area contributed by atoms with Crippen LogP contribution in [0.25, 0.3) is 0 Å². The number of carboxylic acids is 1. The molecule has 0 aliphatic carbocycles. The number of carbonyl (C=O) groups is 1. The Morgan fingerprint density at radius 2 is 1.08 bits per heavy atom. The van der Waals surface area contributed by atoms with Gasteiger partial charge in [0.15, 0.2) is 0 Å². The number of unbranched alkanes of at least 4 members (excludes halogenated alkanes) is 13. The van der Waals surface area contributed by atoms with Gasteiger partial charge in [-0.25, -0.2) is 0 Å². The van der Waals surface area contributed by atoms with E-state index in [2.05, 4.69) is 13.8 Å². The molecule has 0 aromatic carbocycles. The molecule has 1 unspecified atom stereocenters. The van der Waals surface area contributed by atoms with Gasteiger partial charge in [0.2, 0.25) is 0 Å². The zero-order valence-electron chi connectivity index (χ0n) is 17.0. The van der Waals surface area contributed by atoms with E-state index >= 15 is 0 Å². The van der Waals surface area contributed by atoms with Gasteiger partial charge in [-0.05, 0) is 26.2 Å². The molecule has 0 saturated heterocycles. The molecule has 144 valence electrons. The van der Waals surface area contributed by atoms with Crippen molar-refractivity contribution in [2.24, 2.45) is 11.3 Å². The quantitative estimate of drug-likeness (QED) is 0.277. The maximum Gasteiger partial charge on any atom is 0.309 e. The van der Waals surface area contributed by atoms with E-state index in [1.807, 2.05) is 13.8 Å². The van der Waals surface area contributed by atoms with Crippen molar-refractivity contribution in [2.75, 3.05) is 0 Å². The van der Waals surface area contributed by atoms with E-state index in [0.717, 1.165) is 6.42 Å². The van der Waals surface area contributed by atoms with E-state index in [9.17, 15) is 9.90 Å². The molecule has 0 aliphatic heterocycles. The fraction of sp³-hybridized carbons (Fsp3) is 0.955. The second-order valence-electron chi connectivity index (χ2n) is 8.31. The fourth-order valence-corrected chi connectivity index (χ4v) is 3.22. The van der Waals surface area contributed by atoms with Crippen molar-refractivity contribution in [3.63, 3.8) is 0 Å². The SMILES string of the molecule is CCCCCCCCCCCCCCCCC(C)C(C)(C)C(=O)O. The molecular formula is C22H44O2. The van der Waals surface area contributed by atoms with Gasteiger partial charge in [-0.3, -0.25) is 4.79 Å². The summed E-state index contributed by atoms with van der Waals surface area (Å²) < 4.78 is 0. The van der Waals surface area contributed by atoms with Gasteiger partial charge >= 0.3 is 5.97 Å². The van der Waals surface area contributed by atoms with Crippen LogP contribution < -0.4 is 0 Å². The maximum absolute atomic E-state index is 11.2. The van der Waals surface area contributed by atoms with Crippen LogP contribution in [-0.4, -0.2) is 11.1 Å². The average molecular weight is 341 g/mol. The molecule has 0 saturated carbocycles. The standard InChI is InChI=1S/C22H44O2/c1-5-6-7-8-9-10-11-12-13-14-15-16-17-18-19-20(2)22(3,4)21(23)24/h20H,5-19H2,1-4H3,(H,23,24). The minimum absolute atomic E-state index is 0.257. The summed E-state index contributed by atoms with van der Waals surface area (Å²) in [6.07, 6.45) is 20.3. The molecule has 0 aromatic heterocycles. The summed E-state index contributed by atoms with van der Waals surface area (Å²) in [5, 5.41) is 9.23. The van der Waals surface area contributed by atoms with E-state index in [0.29, 0.717) is 0 Å². The predicted molar refractivity (Wildman–Crippen MR) is 106 cm³/mol. The molecule has 1 atom stereocenters. The molecule has 0 aromatic rings. The molecule has 0 amide bonds. The van der Waals surface area contributed by atoms with Gasteiger partial charge in [-0.2, -0.15) is 0 Å². The highest BCUT2D eigenvalue weighted by molar-refractivity contribution is 5.73. The van der Waals surface area contributed by atoms with Crippen molar-refractivity contribution < 1.29 is 9.90 Å². The lowest BCUT2D eigenvalue weighted by atomic mass is 9.77. The van der Waals surface area contributed by atoms with Gasteiger partial charge in [-0.1, -0.05) is 104 Å². The minimum Gasteiger partial charge on any atom is -0.481 e. The second kappa shape index (κ2) is 14.8. The fourth-order valence-electron chi connectivity index (χ4n) is 3.22. The van der Waals surface area contributed by atoms with Crippen LogP contribution in [-0.2, 0) is 4.79 Å². The van der Waals surface area contributed by atoms with E-state index in [4.69, 9.17) is 0 Å². The Hall–Kier alpha value is -0.530. The van der Waals surface area contributed by atoms with Gasteiger partial charge in [0.1, 0.15) is 0 Å². The van der Waals surface area contributed by atoms with Crippen LogP contribution >= 0.6 is 0 Å². The highest BCUT2D eigenvalue weighted by atomic mass is 16.4. The summed E-state index contributed by atoms with van der Waals surface area (Å²) in [5.74, 6) is -0.410. The molecular weight excluding hydrogens is 296 g/mol. The van der Waals surface area contributed by atoms with Crippen molar-refractivity contribution in [3.8, 4) is 0 Å². The zero-order valence-corrected chi connectivity index (χ0v) is 17.0. The first-order valence-electron chi connectivity index (χ1n) is 10.7. The maximum atomic E-state index is 11.2. The van der Waals surface area contributed by atoms with Gasteiger partial charge in [-0.15, -0.1) is 0 Å². The molecule has 0 aliphatic rings. The first-order chi connectivity index (χ1) is 11.4. The minimum atomic E-state index is -0.666. The number of hydrogen-bond acceptors (Lipinski definition) is 1. The van der Waals surface area contributed by atoms with Crippen molar-refractivity contribution in [1.82, 2.24) is 0 Å². The molecule has 0 radical (unpaired) electrons. The monoisotopic (exact) mass is 340 g/mol. The van der Waals surface area contributed by atoms with Crippen molar-refractivity contribution in [1.29, 1.82) is 0 Å². The van der Waals surface area contributed by atoms with Gasteiger partial charge in [0.25, 0.3) is 0 Å². The van der Waals surface area contributed by atoms with Crippen molar-refractivity contribution >= 4 is 5.97 Å². The zero-order chi connectivity index (χ0) is 18.3. The third-order valence-corrected chi connectivity index (χ3v) is 5.77. The number of hydrogen-bond donors (Lipinski definition) is 1. The summed E-state index contributed by atoms with van der Waals surface area (Å²) in [6, 6.07) is 0. The Bertz CT molecular complexity index is 296. The van der Waals surface area contributed by atoms with Crippen molar-refractivity contribution in [2.45, 2.75) is 124 Å². The Balaban J connectivity index is 3.30. The number of rotatable bonds is 17. The smallest absolute Gasteiger partial charge is 0.309 e. The van der Waals surface area contributed by atoms with Gasteiger partial charge in [0.05, 0.1) is 5.41 Å². The van der Waals surface area contributed by atoms with E-state index in [1.165, 1.54) is 89.9 Å². The van der Waals surface area contributed by atoms with Crippen LogP contribution in [0.3, 0.4) is 0 Å². The Kier molecular flexibility index (Phi) is 14.5. The first kappa shape index (κ1) is 23.5. The third-order valence-electron chi connectivity index (χ3n) is 5.77. The van der Waals surface area contributed by atoms with Crippen LogP contribution in [0.15, 0.2) is 0 Å². The predicted octanol–water partition coefficient (Wildman–Crippen LogP) is 7.60. The molecule has 0 bridgehead atoms. The Morgan fingerprint density at radius 3 is 1.42 bits per heavy atom. The van der Waals surface area contributed by atoms with Crippen LogP contribution in [0.4, 0.5) is 0 Å². The molecule has 24 heavy (non-hydrogen) atoms. The highest BCUT2D eigenvalue weighted by Crippen LogP contribution is 2.31. The van der Waals surface area contributed by atoms with E-state index in [-0.39, 0.29) is 5.92 Å². The number of aliphatic carboxylic acids is 1. The molecule has 0 heterocycles. The summed E-state index contributed by atoms with van der Waals surface area (Å²) >= 11 is 0. The van der Waals surface area contributed by atoms with E-state index in [1.54, 1.807) is 0 Å². The lowest BCUT2D eigenvalue weighted by molar-refractivity contribution is -0.149. The second-order valence-corrected chi connectivity index (χ2v) is 8.31. The van der Waals surface area contributed by atoms with Crippen LogP contribution in [0.5, 0.6) is 0 Å². The molecule has 1 N–H and O–H groups in total. The van der Waals surface area contributed by atoms with Crippen LogP contribution in [0, 0.1) is 11.3 Å². The number of carboxylic acid groups (broad SMARTS) is 1. The van der Waals surface area contributed by atoms with Crippen molar-refractivity contribution in [3.05, 3.63) is 0 Å². The molecule has 0 spiro atoms. The molecule has 0 fully saturated rings. The lowest BCUT2D eigenvalue weighted by Crippen LogP contribution is -2.31. The summed E-state index contributed by atoms with van der Waals surface area (Å²) in [7, 11) is 0. The summed E-state index contributed by atoms with van der Waals surface area (Å²) in [4.78, 5) is 11.2. The normalized spacial score (nSPS) is 13.2.